The van der Waals surface area contributed by atoms with Gasteiger partial charge in [0.05, 0.1) is 31.7 Å². The maximum absolute atomic E-state index is 14.0. The molecule has 218 valence electrons. The Morgan fingerprint density at radius 3 is 2.51 bits per heavy atom. The van der Waals surface area contributed by atoms with Gasteiger partial charge in [-0.3, -0.25) is 4.79 Å². The molecular weight excluding hydrogens is 646 g/mol. The number of carbonyl (C=O) groups excluding carboxylic acids is 1. The molecule has 4 aromatic carbocycles. The molecule has 0 saturated heterocycles. The molecule has 1 aromatic heterocycles. The van der Waals surface area contributed by atoms with Crippen molar-refractivity contribution < 1.29 is 14.3 Å². The number of hydrogen-bond donors (Lipinski definition) is 0. The highest BCUT2D eigenvalue weighted by molar-refractivity contribution is 9.10. The summed E-state index contributed by atoms with van der Waals surface area (Å²) in [5.41, 5.74) is 4.80. The average Bonchev–Trinajstić information content (AvgIpc) is 3.63. The second kappa shape index (κ2) is 12.9. The van der Waals surface area contributed by atoms with Crippen LogP contribution in [0, 0.1) is 0 Å². The highest BCUT2D eigenvalue weighted by Gasteiger charge is 2.35. The van der Waals surface area contributed by atoms with Gasteiger partial charge in [-0.15, -0.1) is 11.8 Å². The number of amides is 1. The lowest BCUT2D eigenvalue weighted by molar-refractivity contribution is -0.130. The molecule has 0 saturated carbocycles. The van der Waals surface area contributed by atoms with Crippen LogP contribution in [0.4, 0.5) is 0 Å². The fourth-order valence-corrected chi connectivity index (χ4v) is 6.85. The molecule has 0 fully saturated rings. The molecule has 1 atom stereocenters. The largest absolute Gasteiger partial charge is 0.493 e. The summed E-state index contributed by atoms with van der Waals surface area (Å²) in [6.07, 6.45) is 2.66. The summed E-state index contributed by atoms with van der Waals surface area (Å²) >= 11 is 11.5. The fourth-order valence-electron chi connectivity index (χ4n) is 5.45. The second-order valence-electron chi connectivity index (χ2n) is 10.1. The molecule has 1 amide bonds. The molecule has 1 unspecified atom stereocenters. The normalized spacial score (nSPS) is 14.7. The number of hydrazone groups is 1. The average molecular weight is 675 g/mol. The highest BCUT2D eigenvalue weighted by Crippen LogP contribution is 2.42. The fraction of sp³-hybridized carbons (Fsp3) is 0.176. The second-order valence-corrected chi connectivity index (χ2v) is 12.5. The maximum atomic E-state index is 14.0. The van der Waals surface area contributed by atoms with Crippen LogP contribution < -0.4 is 9.47 Å². The van der Waals surface area contributed by atoms with Crippen molar-refractivity contribution >= 4 is 61.8 Å². The zero-order valence-electron chi connectivity index (χ0n) is 23.7. The third-order valence-corrected chi connectivity index (χ3v) is 9.46. The number of para-hydroxylation sites is 2. The van der Waals surface area contributed by atoms with E-state index in [1.54, 1.807) is 19.2 Å². The van der Waals surface area contributed by atoms with Crippen LogP contribution >= 0.6 is 39.3 Å². The summed E-state index contributed by atoms with van der Waals surface area (Å²) in [4.78, 5) is 15.0. The lowest BCUT2D eigenvalue weighted by Gasteiger charge is -2.24. The number of fused-ring (bicyclic) bond motifs is 1. The number of aromatic nitrogens is 1. The van der Waals surface area contributed by atoms with Gasteiger partial charge in [-0.25, -0.2) is 5.01 Å². The van der Waals surface area contributed by atoms with Crippen LogP contribution in [0.2, 0.25) is 5.02 Å². The number of carbonyl (C=O) groups is 1. The van der Waals surface area contributed by atoms with Crippen LogP contribution in [0.25, 0.3) is 10.9 Å². The third-order valence-electron chi connectivity index (χ3n) is 7.54. The molecule has 1 aliphatic heterocycles. The summed E-state index contributed by atoms with van der Waals surface area (Å²) in [6, 6.07) is 29.5. The molecule has 9 heteroatoms. The van der Waals surface area contributed by atoms with E-state index in [1.807, 2.05) is 78.9 Å². The van der Waals surface area contributed by atoms with Crippen LogP contribution in [0.15, 0.2) is 112 Å². The van der Waals surface area contributed by atoms with Gasteiger partial charge in [-0.1, -0.05) is 88.2 Å². The Morgan fingerprint density at radius 2 is 1.74 bits per heavy atom. The van der Waals surface area contributed by atoms with E-state index >= 15 is 0 Å². The van der Waals surface area contributed by atoms with Crippen LogP contribution in [0.3, 0.4) is 0 Å². The monoisotopic (exact) mass is 673 g/mol. The third kappa shape index (κ3) is 6.05. The van der Waals surface area contributed by atoms with Crippen molar-refractivity contribution in [3.05, 3.63) is 123 Å². The molecular formula is C34H29BrClN3O3S. The van der Waals surface area contributed by atoms with E-state index in [4.69, 9.17) is 26.2 Å². The molecule has 2 heterocycles. The first-order valence-corrected chi connectivity index (χ1v) is 15.9. The number of thioether (sulfide) groups is 1. The predicted octanol–water partition coefficient (Wildman–Crippen LogP) is 8.59. The number of hydrogen-bond acceptors (Lipinski definition) is 5. The van der Waals surface area contributed by atoms with E-state index < -0.39 is 0 Å². The van der Waals surface area contributed by atoms with E-state index in [1.165, 1.54) is 11.8 Å². The zero-order chi connectivity index (χ0) is 29.9. The Labute approximate surface area is 268 Å². The number of nitrogens with zero attached hydrogens (tertiary/aromatic N) is 3. The molecule has 0 aliphatic carbocycles. The van der Waals surface area contributed by atoms with Crippen molar-refractivity contribution in [1.29, 1.82) is 0 Å². The highest BCUT2D eigenvalue weighted by atomic mass is 79.9. The van der Waals surface area contributed by atoms with Crippen molar-refractivity contribution in [1.82, 2.24) is 9.58 Å². The van der Waals surface area contributed by atoms with Crippen molar-refractivity contribution in [2.45, 2.75) is 23.9 Å². The molecule has 0 bridgehead atoms. The first-order chi connectivity index (χ1) is 21.0. The summed E-state index contributed by atoms with van der Waals surface area (Å²) < 4.78 is 14.5. The van der Waals surface area contributed by atoms with Crippen LogP contribution in [0.5, 0.6) is 11.5 Å². The Bertz CT molecular complexity index is 1820. The number of halogens is 2. The van der Waals surface area contributed by atoms with E-state index in [-0.39, 0.29) is 17.7 Å². The van der Waals surface area contributed by atoms with Crippen LogP contribution in [-0.4, -0.2) is 41.2 Å². The molecule has 0 N–H and O–H groups in total. The standard InChI is InChI=1S/C34H29BrClN3O3S/c1-41-31-13-7-10-26(34(31)42-2)30-18-28(22-14-16-24(35)17-15-22)37-39(30)33(40)21-43-32-20-38(29-12-6-4-9-25(29)32)19-23-8-3-5-11-27(23)36/h3-17,20,30H,18-19,21H2,1-2H3. The van der Waals surface area contributed by atoms with Gasteiger partial charge in [-0.05, 0) is 41.5 Å². The van der Waals surface area contributed by atoms with Gasteiger partial charge in [0.15, 0.2) is 11.5 Å². The Kier molecular flexibility index (Phi) is 8.79. The Balaban J connectivity index is 1.30. The van der Waals surface area contributed by atoms with Gasteiger partial charge in [-0.2, -0.15) is 5.10 Å². The van der Waals surface area contributed by atoms with Gasteiger partial charge in [0.2, 0.25) is 0 Å². The van der Waals surface area contributed by atoms with Crippen molar-refractivity contribution in [2.75, 3.05) is 20.0 Å². The summed E-state index contributed by atoms with van der Waals surface area (Å²) in [5, 5.41) is 8.32. The minimum atomic E-state index is -0.335. The summed E-state index contributed by atoms with van der Waals surface area (Å²) in [7, 11) is 3.23. The van der Waals surface area contributed by atoms with Crippen molar-refractivity contribution in [3.63, 3.8) is 0 Å². The summed E-state index contributed by atoms with van der Waals surface area (Å²) in [5.74, 6) is 1.36. The van der Waals surface area contributed by atoms with Crippen LogP contribution in [0.1, 0.15) is 29.2 Å². The zero-order valence-corrected chi connectivity index (χ0v) is 26.8. The molecule has 43 heavy (non-hydrogen) atoms. The lowest BCUT2D eigenvalue weighted by Crippen LogP contribution is -2.28. The number of ether oxygens (including phenoxy) is 2. The minimum Gasteiger partial charge on any atom is -0.493 e. The molecule has 0 spiro atoms. The molecule has 6 nitrogen and oxygen atoms in total. The summed E-state index contributed by atoms with van der Waals surface area (Å²) in [6.45, 7) is 0.638. The molecule has 0 radical (unpaired) electrons. The lowest BCUT2D eigenvalue weighted by atomic mass is 9.97. The molecule has 6 rings (SSSR count). The van der Waals surface area contributed by atoms with Gasteiger partial charge in [0, 0.05) is 50.0 Å². The molecule has 1 aliphatic rings. The smallest absolute Gasteiger partial charge is 0.253 e. The van der Waals surface area contributed by atoms with E-state index in [9.17, 15) is 4.79 Å². The first kappa shape index (κ1) is 29.4. The topological polar surface area (TPSA) is 56.1 Å². The quantitative estimate of drug-likeness (QED) is 0.147. The Morgan fingerprint density at radius 1 is 0.977 bits per heavy atom. The van der Waals surface area contributed by atoms with Gasteiger partial charge in [0.1, 0.15) is 0 Å². The predicted molar refractivity (Wildman–Crippen MR) is 178 cm³/mol. The van der Waals surface area contributed by atoms with Gasteiger partial charge < -0.3 is 14.0 Å². The number of benzene rings is 4. The van der Waals surface area contributed by atoms with Crippen molar-refractivity contribution in [3.8, 4) is 11.5 Å². The number of rotatable bonds is 9. The first-order valence-electron chi connectivity index (χ1n) is 13.8. The minimum absolute atomic E-state index is 0.0880. The van der Waals surface area contributed by atoms with E-state index in [2.05, 4.69) is 38.8 Å². The molecule has 5 aromatic rings. The van der Waals surface area contributed by atoms with Crippen LogP contribution in [-0.2, 0) is 11.3 Å². The van der Waals surface area contributed by atoms with Gasteiger partial charge in [0.25, 0.3) is 5.91 Å². The Hall–Kier alpha value is -3.72. The van der Waals surface area contributed by atoms with Crippen molar-refractivity contribution in [2.24, 2.45) is 5.10 Å². The van der Waals surface area contributed by atoms with E-state index in [0.717, 1.165) is 47.7 Å². The van der Waals surface area contributed by atoms with E-state index in [0.29, 0.717) is 24.5 Å². The number of methoxy groups -OCH3 is 2. The maximum Gasteiger partial charge on any atom is 0.253 e. The van der Waals surface area contributed by atoms with Gasteiger partial charge >= 0.3 is 0 Å². The SMILES string of the molecule is COc1cccc(C2CC(c3ccc(Br)cc3)=NN2C(=O)CSc2cn(Cc3ccccc3Cl)c3ccccc23)c1OC.